The lowest BCUT2D eigenvalue weighted by molar-refractivity contribution is -0.138. The molecule has 0 heterocycles. The molecule has 0 aromatic carbocycles. The number of carboxylic acid groups (broad SMARTS) is 1. The first-order chi connectivity index (χ1) is 13.1. The number of amides is 2. The second kappa shape index (κ2) is 19.2. The smallest absolute Gasteiger partial charge is 0.322 e. The molecule has 0 aliphatic rings. The minimum atomic E-state index is -1.00. The number of rotatable bonds is 19. The minimum absolute atomic E-state index is 0.171. The van der Waals surface area contributed by atoms with Crippen molar-refractivity contribution in [3.8, 4) is 0 Å². The van der Waals surface area contributed by atoms with Gasteiger partial charge in [0.05, 0.1) is 0 Å². The number of carboxylic acids is 1. The lowest BCUT2D eigenvalue weighted by atomic mass is 10.0. The zero-order valence-corrected chi connectivity index (χ0v) is 17.2. The number of hydrogen-bond donors (Lipinski definition) is 3. The van der Waals surface area contributed by atoms with E-state index in [0.29, 0.717) is 12.8 Å². The Labute approximate surface area is 164 Å². The summed E-state index contributed by atoms with van der Waals surface area (Å²) in [4.78, 5) is 33.2. The third kappa shape index (κ3) is 20.6. The molecular weight excluding hydrogens is 344 g/mol. The summed E-state index contributed by atoms with van der Waals surface area (Å²) in [6.07, 6.45) is 15.8. The Morgan fingerprint density at radius 3 is 1.44 bits per heavy atom. The second-order valence-corrected chi connectivity index (χ2v) is 7.26. The SMILES string of the molecule is CCCCNC(=O)CCCCCCCCCCCCCC(=O)NCC(=O)O. The third-order valence-electron chi connectivity index (χ3n) is 4.60. The zero-order chi connectivity index (χ0) is 20.2. The van der Waals surface area contributed by atoms with Crippen LogP contribution in [0, 0.1) is 0 Å². The standard InChI is InChI=1S/C21H40N2O4/c1-2-3-17-22-19(24)15-13-11-9-7-5-4-6-8-10-12-14-16-20(25)23-18-21(26)27/h2-18H2,1H3,(H,22,24)(H,23,25)(H,26,27). The fraction of sp³-hybridized carbons (Fsp3) is 0.857. The molecule has 0 bridgehead atoms. The fourth-order valence-corrected chi connectivity index (χ4v) is 2.92. The molecule has 0 radical (unpaired) electrons. The van der Waals surface area contributed by atoms with E-state index in [1.807, 2.05) is 0 Å². The van der Waals surface area contributed by atoms with Crippen molar-refractivity contribution in [1.82, 2.24) is 10.6 Å². The van der Waals surface area contributed by atoms with E-state index in [2.05, 4.69) is 17.6 Å². The highest BCUT2D eigenvalue weighted by Gasteiger charge is 2.03. The van der Waals surface area contributed by atoms with Crippen LogP contribution in [0.15, 0.2) is 0 Å². The summed E-state index contributed by atoms with van der Waals surface area (Å²) < 4.78 is 0. The molecule has 0 saturated carbocycles. The molecule has 0 fully saturated rings. The molecular formula is C21H40N2O4. The zero-order valence-electron chi connectivity index (χ0n) is 17.2. The van der Waals surface area contributed by atoms with Crippen molar-refractivity contribution < 1.29 is 19.5 Å². The number of hydrogen-bond acceptors (Lipinski definition) is 3. The van der Waals surface area contributed by atoms with Gasteiger partial charge in [0.1, 0.15) is 6.54 Å². The van der Waals surface area contributed by atoms with Crippen LogP contribution in [-0.2, 0) is 14.4 Å². The molecule has 158 valence electrons. The van der Waals surface area contributed by atoms with E-state index in [0.717, 1.165) is 51.5 Å². The number of aliphatic carboxylic acids is 1. The van der Waals surface area contributed by atoms with Gasteiger partial charge < -0.3 is 15.7 Å². The van der Waals surface area contributed by atoms with E-state index in [-0.39, 0.29) is 18.4 Å². The van der Waals surface area contributed by atoms with E-state index in [1.165, 1.54) is 38.5 Å². The average Bonchev–Trinajstić information content (AvgIpc) is 2.64. The van der Waals surface area contributed by atoms with Crippen molar-refractivity contribution in [2.75, 3.05) is 13.1 Å². The Hall–Kier alpha value is -1.59. The molecule has 6 nitrogen and oxygen atoms in total. The van der Waals surface area contributed by atoms with Gasteiger partial charge in [-0.3, -0.25) is 14.4 Å². The quantitative estimate of drug-likeness (QED) is 0.291. The lowest BCUT2D eigenvalue weighted by Gasteiger charge is -2.05. The predicted molar refractivity (Wildman–Crippen MR) is 109 cm³/mol. The van der Waals surface area contributed by atoms with Gasteiger partial charge in [0.15, 0.2) is 0 Å². The molecule has 0 aromatic rings. The molecule has 0 aliphatic heterocycles. The van der Waals surface area contributed by atoms with Gasteiger partial charge in [0, 0.05) is 19.4 Å². The second-order valence-electron chi connectivity index (χ2n) is 7.26. The van der Waals surface area contributed by atoms with E-state index >= 15 is 0 Å². The van der Waals surface area contributed by atoms with Crippen LogP contribution >= 0.6 is 0 Å². The Morgan fingerprint density at radius 1 is 0.630 bits per heavy atom. The van der Waals surface area contributed by atoms with Crippen LogP contribution in [0.5, 0.6) is 0 Å². The maximum Gasteiger partial charge on any atom is 0.322 e. The van der Waals surface area contributed by atoms with E-state index in [1.54, 1.807) is 0 Å². The summed E-state index contributed by atoms with van der Waals surface area (Å²) in [6, 6.07) is 0. The largest absolute Gasteiger partial charge is 0.480 e. The topological polar surface area (TPSA) is 95.5 Å². The monoisotopic (exact) mass is 384 g/mol. The number of carbonyl (C=O) groups is 3. The van der Waals surface area contributed by atoms with Crippen LogP contribution in [0.3, 0.4) is 0 Å². The Morgan fingerprint density at radius 2 is 1.04 bits per heavy atom. The van der Waals surface area contributed by atoms with E-state index in [4.69, 9.17) is 5.11 Å². The number of carbonyl (C=O) groups excluding carboxylic acids is 2. The van der Waals surface area contributed by atoms with Gasteiger partial charge in [-0.05, 0) is 19.3 Å². The van der Waals surface area contributed by atoms with Gasteiger partial charge in [-0.2, -0.15) is 0 Å². The predicted octanol–water partition coefficient (Wildman–Crippen LogP) is 4.17. The van der Waals surface area contributed by atoms with Crippen LogP contribution < -0.4 is 10.6 Å². The highest BCUT2D eigenvalue weighted by atomic mass is 16.4. The fourth-order valence-electron chi connectivity index (χ4n) is 2.92. The number of nitrogens with one attached hydrogen (secondary N) is 2. The van der Waals surface area contributed by atoms with Crippen LogP contribution in [0.1, 0.15) is 103 Å². The van der Waals surface area contributed by atoms with Crippen molar-refractivity contribution in [3.05, 3.63) is 0 Å². The van der Waals surface area contributed by atoms with Crippen molar-refractivity contribution in [2.45, 2.75) is 103 Å². The van der Waals surface area contributed by atoms with Crippen molar-refractivity contribution >= 4 is 17.8 Å². The molecule has 0 aliphatic carbocycles. The van der Waals surface area contributed by atoms with Crippen LogP contribution in [0.4, 0.5) is 0 Å². The molecule has 27 heavy (non-hydrogen) atoms. The summed E-state index contributed by atoms with van der Waals surface area (Å²) >= 11 is 0. The van der Waals surface area contributed by atoms with Crippen molar-refractivity contribution in [2.24, 2.45) is 0 Å². The molecule has 6 heteroatoms. The van der Waals surface area contributed by atoms with Crippen LogP contribution in [-0.4, -0.2) is 36.0 Å². The molecule has 0 aromatic heterocycles. The minimum Gasteiger partial charge on any atom is -0.480 e. The van der Waals surface area contributed by atoms with Crippen LogP contribution in [0.2, 0.25) is 0 Å². The van der Waals surface area contributed by atoms with Gasteiger partial charge in [-0.1, -0.05) is 71.1 Å². The summed E-state index contributed by atoms with van der Waals surface area (Å²) in [7, 11) is 0. The van der Waals surface area contributed by atoms with Gasteiger partial charge >= 0.3 is 5.97 Å². The van der Waals surface area contributed by atoms with Gasteiger partial charge in [-0.25, -0.2) is 0 Å². The molecule has 0 saturated heterocycles. The molecule has 0 rings (SSSR count). The summed E-state index contributed by atoms with van der Waals surface area (Å²) in [5, 5.41) is 13.8. The normalized spacial score (nSPS) is 10.6. The first kappa shape index (κ1) is 25.4. The van der Waals surface area contributed by atoms with Gasteiger partial charge in [-0.15, -0.1) is 0 Å². The summed E-state index contributed by atoms with van der Waals surface area (Å²) in [5.74, 6) is -0.977. The maximum absolute atomic E-state index is 11.5. The van der Waals surface area contributed by atoms with Gasteiger partial charge in [0.25, 0.3) is 0 Å². The average molecular weight is 385 g/mol. The summed E-state index contributed by atoms with van der Waals surface area (Å²) in [5.41, 5.74) is 0. The molecule has 0 atom stereocenters. The highest BCUT2D eigenvalue weighted by molar-refractivity contribution is 5.80. The van der Waals surface area contributed by atoms with E-state index < -0.39 is 5.97 Å². The van der Waals surface area contributed by atoms with Crippen LogP contribution in [0.25, 0.3) is 0 Å². The first-order valence-electron chi connectivity index (χ1n) is 10.8. The molecule has 0 unspecified atom stereocenters. The number of unbranched alkanes of at least 4 members (excludes halogenated alkanes) is 11. The Kier molecular flexibility index (Phi) is 18.0. The van der Waals surface area contributed by atoms with E-state index in [9.17, 15) is 14.4 Å². The summed E-state index contributed by atoms with van der Waals surface area (Å²) in [6.45, 7) is 2.65. The third-order valence-corrected chi connectivity index (χ3v) is 4.60. The van der Waals surface area contributed by atoms with Crippen molar-refractivity contribution in [1.29, 1.82) is 0 Å². The molecule has 0 spiro atoms. The van der Waals surface area contributed by atoms with Gasteiger partial charge in [0.2, 0.25) is 11.8 Å². The lowest BCUT2D eigenvalue weighted by Crippen LogP contribution is -2.28. The maximum atomic E-state index is 11.5. The first-order valence-corrected chi connectivity index (χ1v) is 10.8. The highest BCUT2D eigenvalue weighted by Crippen LogP contribution is 2.12. The molecule has 2 amide bonds. The Bertz CT molecular complexity index is 400. The Balaban J connectivity index is 3.20. The van der Waals surface area contributed by atoms with Crippen molar-refractivity contribution in [3.63, 3.8) is 0 Å². The molecule has 3 N–H and O–H groups in total.